The number of carbonyl (C=O) groups is 1. The first-order valence-corrected chi connectivity index (χ1v) is 7.08. The second kappa shape index (κ2) is 6.47. The average molecular weight is 291 g/mol. The van der Waals surface area contributed by atoms with Gasteiger partial charge in [-0.15, -0.1) is 0 Å². The first kappa shape index (κ1) is 15.2. The Morgan fingerprint density at radius 3 is 2.95 bits per heavy atom. The fourth-order valence-corrected chi connectivity index (χ4v) is 2.40. The van der Waals surface area contributed by atoms with Gasteiger partial charge in [-0.05, 0) is 39.3 Å². The lowest BCUT2D eigenvalue weighted by molar-refractivity contribution is 0.0521. The Labute approximate surface area is 123 Å². The Kier molecular flexibility index (Phi) is 4.67. The fraction of sp³-hybridized carbons (Fsp3) is 0.467. The van der Waals surface area contributed by atoms with E-state index in [0.717, 1.165) is 18.6 Å². The Morgan fingerprint density at radius 1 is 1.57 bits per heavy atom. The number of nitrogens with two attached hydrogens (primary N) is 1. The number of esters is 1. The van der Waals surface area contributed by atoms with Gasteiger partial charge in [0.05, 0.1) is 12.9 Å². The van der Waals surface area contributed by atoms with E-state index in [1.165, 1.54) is 0 Å². The standard InChI is InChI=1S/C15H21N3O3/c1-4-20-15(19)13-14(16)18(11(3)17-13)10(2)7-8-12-6-5-9-21-12/h5-6,9-10H,4,7-8,16H2,1-3H3. The molecule has 1 unspecified atom stereocenters. The van der Waals surface area contributed by atoms with Crippen LogP contribution in [0.2, 0.25) is 0 Å². The van der Waals surface area contributed by atoms with Crippen LogP contribution in [0.3, 0.4) is 0 Å². The van der Waals surface area contributed by atoms with Crippen molar-refractivity contribution >= 4 is 11.8 Å². The van der Waals surface area contributed by atoms with Crippen molar-refractivity contribution < 1.29 is 13.9 Å². The number of aromatic nitrogens is 2. The minimum Gasteiger partial charge on any atom is -0.469 e. The van der Waals surface area contributed by atoms with Crippen LogP contribution in [0.15, 0.2) is 22.8 Å². The third-order valence-corrected chi connectivity index (χ3v) is 3.42. The third-order valence-electron chi connectivity index (χ3n) is 3.42. The van der Waals surface area contributed by atoms with E-state index < -0.39 is 5.97 Å². The smallest absolute Gasteiger partial charge is 0.360 e. The number of nitrogen functional groups attached to an aromatic ring is 1. The van der Waals surface area contributed by atoms with Crippen molar-refractivity contribution in [2.24, 2.45) is 0 Å². The molecule has 0 aromatic carbocycles. The Hall–Kier alpha value is -2.24. The zero-order valence-electron chi connectivity index (χ0n) is 12.6. The molecule has 6 heteroatoms. The number of anilines is 1. The quantitative estimate of drug-likeness (QED) is 0.827. The molecule has 2 N–H and O–H groups in total. The number of imidazole rings is 1. The van der Waals surface area contributed by atoms with Crippen molar-refractivity contribution in [3.63, 3.8) is 0 Å². The van der Waals surface area contributed by atoms with Crippen molar-refractivity contribution in [1.29, 1.82) is 0 Å². The summed E-state index contributed by atoms with van der Waals surface area (Å²) in [4.78, 5) is 16.0. The third kappa shape index (κ3) is 3.26. The minimum absolute atomic E-state index is 0.116. The lowest BCUT2D eigenvalue weighted by atomic mass is 10.1. The highest BCUT2D eigenvalue weighted by Crippen LogP contribution is 2.24. The monoisotopic (exact) mass is 291 g/mol. The van der Waals surface area contributed by atoms with Gasteiger partial charge in [0.2, 0.25) is 0 Å². The summed E-state index contributed by atoms with van der Waals surface area (Å²) in [6, 6.07) is 3.93. The number of ether oxygens (including phenoxy) is 1. The molecule has 6 nitrogen and oxygen atoms in total. The summed E-state index contributed by atoms with van der Waals surface area (Å²) in [5.74, 6) is 1.53. The van der Waals surface area contributed by atoms with E-state index >= 15 is 0 Å². The van der Waals surface area contributed by atoms with Crippen LogP contribution >= 0.6 is 0 Å². The van der Waals surface area contributed by atoms with Crippen LogP contribution in [0.25, 0.3) is 0 Å². The number of hydrogen-bond acceptors (Lipinski definition) is 5. The fourth-order valence-electron chi connectivity index (χ4n) is 2.40. The van der Waals surface area contributed by atoms with Crippen molar-refractivity contribution in [2.45, 2.75) is 39.7 Å². The van der Waals surface area contributed by atoms with Gasteiger partial charge in [-0.1, -0.05) is 0 Å². The van der Waals surface area contributed by atoms with Crippen LogP contribution in [0.4, 0.5) is 5.82 Å². The lowest BCUT2D eigenvalue weighted by Crippen LogP contribution is -2.13. The van der Waals surface area contributed by atoms with Crippen LogP contribution in [0.5, 0.6) is 0 Å². The highest BCUT2D eigenvalue weighted by molar-refractivity contribution is 5.92. The first-order valence-electron chi connectivity index (χ1n) is 7.08. The molecule has 21 heavy (non-hydrogen) atoms. The van der Waals surface area contributed by atoms with Gasteiger partial charge in [-0.2, -0.15) is 0 Å². The molecule has 0 saturated heterocycles. The summed E-state index contributed by atoms with van der Waals surface area (Å²) in [5, 5.41) is 0. The maximum Gasteiger partial charge on any atom is 0.360 e. The largest absolute Gasteiger partial charge is 0.469 e. The topological polar surface area (TPSA) is 83.3 Å². The Morgan fingerprint density at radius 2 is 2.33 bits per heavy atom. The number of nitrogens with zero attached hydrogens (tertiary/aromatic N) is 2. The Bertz CT molecular complexity index is 602. The molecule has 2 rings (SSSR count). The summed E-state index contributed by atoms with van der Waals surface area (Å²) in [7, 11) is 0. The number of carbonyl (C=O) groups excluding carboxylic acids is 1. The minimum atomic E-state index is -0.477. The summed E-state index contributed by atoms with van der Waals surface area (Å²) < 4.78 is 12.2. The molecule has 2 aromatic rings. The molecule has 0 aliphatic heterocycles. The molecule has 0 aliphatic carbocycles. The van der Waals surface area contributed by atoms with Crippen molar-refractivity contribution in [1.82, 2.24) is 9.55 Å². The number of furan rings is 1. The summed E-state index contributed by atoms with van der Waals surface area (Å²) in [6.45, 7) is 5.94. The van der Waals surface area contributed by atoms with Crippen LogP contribution in [0, 0.1) is 6.92 Å². The van der Waals surface area contributed by atoms with Crippen LogP contribution in [-0.2, 0) is 11.2 Å². The van der Waals surface area contributed by atoms with Crippen LogP contribution in [0.1, 0.15) is 48.4 Å². The molecule has 0 bridgehead atoms. The lowest BCUT2D eigenvalue weighted by Gasteiger charge is -2.16. The molecular formula is C15H21N3O3. The van der Waals surface area contributed by atoms with Gasteiger partial charge < -0.3 is 19.5 Å². The highest BCUT2D eigenvalue weighted by Gasteiger charge is 2.22. The molecule has 2 heterocycles. The second-order valence-corrected chi connectivity index (χ2v) is 4.95. The zero-order chi connectivity index (χ0) is 15.4. The van der Waals surface area contributed by atoms with E-state index in [4.69, 9.17) is 14.9 Å². The highest BCUT2D eigenvalue weighted by atomic mass is 16.5. The van der Waals surface area contributed by atoms with E-state index in [1.807, 2.05) is 30.5 Å². The molecule has 0 radical (unpaired) electrons. The first-order chi connectivity index (χ1) is 10.0. The van der Waals surface area contributed by atoms with Crippen molar-refractivity contribution in [3.05, 3.63) is 35.7 Å². The molecule has 0 fully saturated rings. The van der Waals surface area contributed by atoms with E-state index in [1.54, 1.807) is 13.2 Å². The SMILES string of the molecule is CCOC(=O)c1nc(C)n(C(C)CCc2ccco2)c1N. The molecule has 0 spiro atoms. The molecule has 1 atom stereocenters. The number of hydrogen-bond donors (Lipinski definition) is 1. The van der Waals surface area contributed by atoms with Crippen LogP contribution in [-0.4, -0.2) is 22.1 Å². The average Bonchev–Trinajstić information content (AvgIpc) is 3.05. The van der Waals surface area contributed by atoms with Gasteiger partial charge in [0.15, 0.2) is 5.69 Å². The van der Waals surface area contributed by atoms with E-state index in [9.17, 15) is 4.79 Å². The van der Waals surface area contributed by atoms with Gasteiger partial charge in [0, 0.05) is 12.5 Å². The van der Waals surface area contributed by atoms with Crippen molar-refractivity contribution in [2.75, 3.05) is 12.3 Å². The summed E-state index contributed by atoms with van der Waals surface area (Å²) in [5.41, 5.74) is 6.26. The summed E-state index contributed by atoms with van der Waals surface area (Å²) in [6.07, 6.45) is 3.31. The molecule has 0 aliphatic rings. The van der Waals surface area contributed by atoms with Gasteiger partial charge >= 0.3 is 5.97 Å². The van der Waals surface area contributed by atoms with E-state index in [0.29, 0.717) is 18.2 Å². The predicted octanol–water partition coefficient (Wildman–Crippen LogP) is 2.74. The molecule has 0 saturated carbocycles. The van der Waals surface area contributed by atoms with Crippen LogP contribution < -0.4 is 5.73 Å². The number of aryl methyl sites for hydroxylation is 2. The normalized spacial score (nSPS) is 12.3. The van der Waals surface area contributed by atoms with Gasteiger partial charge in [-0.25, -0.2) is 9.78 Å². The van der Waals surface area contributed by atoms with E-state index in [2.05, 4.69) is 4.98 Å². The zero-order valence-corrected chi connectivity index (χ0v) is 12.6. The molecular weight excluding hydrogens is 270 g/mol. The predicted molar refractivity (Wildman–Crippen MR) is 79.1 cm³/mol. The van der Waals surface area contributed by atoms with E-state index in [-0.39, 0.29) is 11.7 Å². The van der Waals surface area contributed by atoms with Gasteiger partial charge in [0.1, 0.15) is 17.4 Å². The Balaban J connectivity index is 2.13. The second-order valence-electron chi connectivity index (χ2n) is 4.95. The van der Waals surface area contributed by atoms with Gasteiger partial charge in [-0.3, -0.25) is 0 Å². The van der Waals surface area contributed by atoms with Crippen molar-refractivity contribution in [3.8, 4) is 0 Å². The maximum absolute atomic E-state index is 11.8. The maximum atomic E-state index is 11.8. The molecule has 2 aromatic heterocycles. The number of rotatable bonds is 6. The molecule has 114 valence electrons. The molecule has 0 amide bonds. The van der Waals surface area contributed by atoms with Gasteiger partial charge in [0.25, 0.3) is 0 Å². The summed E-state index contributed by atoms with van der Waals surface area (Å²) >= 11 is 0.